The molecule has 1 aromatic carbocycles. The second-order valence-electron chi connectivity index (χ2n) is 4.67. The van der Waals surface area contributed by atoms with Crippen molar-refractivity contribution >= 4 is 11.8 Å². The third kappa shape index (κ3) is 4.42. The molecule has 2 aromatic rings. The van der Waals surface area contributed by atoms with E-state index in [-0.39, 0.29) is 12.5 Å². The van der Waals surface area contributed by atoms with Gasteiger partial charge in [-0.25, -0.2) is 4.98 Å². The zero-order chi connectivity index (χ0) is 15.8. The van der Waals surface area contributed by atoms with Crippen LogP contribution in [0.25, 0.3) is 0 Å². The fraction of sp³-hybridized carbons (Fsp3) is 0.267. The van der Waals surface area contributed by atoms with E-state index >= 15 is 0 Å². The van der Waals surface area contributed by atoms with Crippen LogP contribution < -0.4 is 10.6 Å². The Balaban J connectivity index is 1.92. The average Bonchev–Trinajstić information content (AvgIpc) is 3.06. The van der Waals surface area contributed by atoms with Crippen LogP contribution >= 0.6 is 0 Å². The van der Waals surface area contributed by atoms with Crippen LogP contribution in [-0.2, 0) is 17.8 Å². The van der Waals surface area contributed by atoms with Gasteiger partial charge in [-0.05, 0) is 11.6 Å². The number of aliphatic hydroxyl groups excluding tert-OH is 1. The van der Waals surface area contributed by atoms with Gasteiger partial charge in [0.2, 0.25) is 5.91 Å². The second-order valence-corrected chi connectivity index (χ2v) is 4.67. The summed E-state index contributed by atoms with van der Waals surface area (Å²) >= 11 is 0. The van der Waals surface area contributed by atoms with Gasteiger partial charge in [-0.1, -0.05) is 18.2 Å². The maximum atomic E-state index is 12.2. The highest BCUT2D eigenvalue weighted by molar-refractivity contribution is 5.95. The molecule has 0 aliphatic carbocycles. The summed E-state index contributed by atoms with van der Waals surface area (Å²) in [6.45, 7) is 0.112. The van der Waals surface area contributed by atoms with Crippen molar-refractivity contribution in [3.05, 3.63) is 53.6 Å². The van der Waals surface area contributed by atoms with Crippen molar-refractivity contribution in [3.8, 4) is 0 Å². The van der Waals surface area contributed by atoms with Crippen LogP contribution in [0.3, 0.4) is 0 Å². The van der Waals surface area contributed by atoms with Gasteiger partial charge < -0.3 is 20.7 Å². The zero-order valence-corrected chi connectivity index (χ0v) is 12.0. The van der Waals surface area contributed by atoms with Crippen molar-refractivity contribution in [2.45, 2.75) is 13.0 Å². The summed E-state index contributed by atoms with van der Waals surface area (Å²) in [5.74, 6) is -0.678. The highest BCUT2D eigenvalue weighted by Gasteiger charge is 2.11. The van der Waals surface area contributed by atoms with E-state index < -0.39 is 12.5 Å². The highest BCUT2D eigenvalue weighted by atomic mass is 16.3. The molecule has 0 bridgehead atoms. The van der Waals surface area contributed by atoms with Crippen molar-refractivity contribution < 1.29 is 14.7 Å². The van der Waals surface area contributed by atoms with Crippen LogP contribution in [-0.4, -0.2) is 40.0 Å². The largest absolute Gasteiger partial charge is 0.387 e. The predicted octanol–water partition coefficient (Wildman–Crippen LogP) is -0.00930. The predicted molar refractivity (Wildman–Crippen MR) is 80.0 cm³/mol. The number of carbonyl (C=O) groups is 2. The highest BCUT2D eigenvalue weighted by Crippen LogP contribution is 2.08. The van der Waals surface area contributed by atoms with Gasteiger partial charge in [0.25, 0.3) is 5.91 Å². The van der Waals surface area contributed by atoms with Crippen LogP contribution in [0.1, 0.15) is 21.6 Å². The Morgan fingerprint density at radius 1 is 1.23 bits per heavy atom. The van der Waals surface area contributed by atoms with Crippen molar-refractivity contribution in [1.82, 2.24) is 20.6 Å². The molecule has 0 atom stereocenters. The van der Waals surface area contributed by atoms with E-state index in [4.69, 9.17) is 5.11 Å². The van der Waals surface area contributed by atoms with E-state index in [1.54, 1.807) is 36.8 Å². The summed E-state index contributed by atoms with van der Waals surface area (Å²) in [5.41, 5.74) is 2.15. The first kappa shape index (κ1) is 15.7. The topological polar surface area (TPSA) is 107 Å². The molecule has 116 valence electrons. The van der Waals surface area contributed by atoms with Gasteiger partial charge in [0.05, 0.1) is 6.33 Å². The Hall–Kier alpha value is -2.67. The van der Waals surface area contributed by atoms with Crippen molar-refractivity contribution in [2.24, 2.45) is 0 Å². The third-order valence-electron chi connectivity index (χ3n) is 3.12. The number of hydrogen-bond donors (Lipinski definition) is 4. The first-order valence-electron chi connectivity index (χ1n) is 6.91. The molecule has 0 spiro atoms. The van der Waals surface area contributed by atoms with E-state index in [2.05, 4.69) is 20.6 Å². The van der Waals surface area contributed by atoms with Gasteiger partial charge in [0.1, 0.15) is 6.61 Å². The van der Waals surface area contributed by atoms with Gasteiger partial charge in [-0.2, -0.15) is 0 Å². The Labute approximate surface area is 127 Å². The first-order chi connectivity index (χ1) is 10.7. The Morgan fingerprint density at radius 2 is 2.05 bits per heavy atom. The fourth-order valence-electron chi connectivity index (χ4n) is 1.97. The van der Waals surface area contributed by atoms with Crippen molar-refractivity contribution in [2.75, 3.05) is 13.2 Å². The van der Waals surface area contributed by atoms with E-state index in [0.717, 1.165) is 5.69 Å². The van der Waals surface area contributed by atoms with Crippen LogP contribution in [0.2, 0.25) is 0 Å². The molecule has 2 rings (SSSR count). The quantitative estimate of drug-likeness (QED) is 0.577. The fourth-order valence-corrected chi connectivity index (χ4v) is 1.97. The smallest absolute Gasteiger partial charge is 0.251 e. The zero-order valence-electron chi connectivity index (χ0n) is 12.0. The standard InChI is InChI=1S/C15H18N4O3/c20-9-14(21)18-7-11-3-1-2-4-13(11)15(22)17-6-5-12-8-16-10-19-12/h1-4,8,10,20H,5-7,9H2,(H,16,19)(H,17,22)(H,18,21). The maximum absolute atomic E-state index is 12.2. The lowest BCUT2D eigenvalue weighted by Crippen LogP contribution is -2.29. The van der Waals surface area contributed by atoms with Gasteiger partial charge in [-0.3, -0.25) is 9.59 Å². The number of rotatable bonds is 7. The molecule has 7 nitrogen and oxygen atoms in total. The van der Waals surface area contributed by atoms with E-state index in [1.807, 2.05) is 0 Å². The van der Waals surface area contributed by atoms with Crippen LogP contribution in [0, 0.1) is 0 Å². The molecule has 0 aliphatic heterocycles. The Morgan fingerprint density at radius 3 is 2.77 bits per heavy atom. The monoisotopic (exact) mass is 302 g/mol. The van der Waals surface area contributed by atoms with Gasteiger partial charge >= 0.3 is 0 Å². The maximum Gasteiger partial charge on any atom is 0.251 e. The molecule has 2 amide bonds. The number of benzene rings is 1. The number of nitrogens with zero attached hydrogens (tertiary/aromatic N) is 1. The van der Waals surface area contributed by atoms with Crippen LogP contribution in [0.5, 0.6) is 0 Å². The number of aliphatic hydroxyl groups is 1. The molecular formula is C15H18N4O3. The van der Waals surface area contributed by atoms with Crippen LogP contribution in [0.15, 0.2) is 36.8 Å². The number of hydrogen-bond acceptors (Lipinski definition) is 4. The average molecular weight is 302 g/mol. The minimum Gasteiger partial charge on any atom is -0.387 e. The van der Waals surface area contributed by atoms with Crippen molar-refractivity contribution in [3.63, 3.8) is 0 Å². The Kier molecular flexibility index (Phi) is 5.67. The molecule has 0 fully saturated rings. The number of aromatic nitrogens is 2. The van der Waals surface area contributed by atoms with Gasteiger partial charge in [0, 0.05) is 37.0 Å². The van der Waals surface area contributed by atoms with Crippen LogP contribution in [0.4, 0.5) is 0 Å². The minimum atomic E-state index is -0.571. The number of carbonyl (C=O) groups excluding carboxylic acids is 2. The normalized spacial score (nSPS) is 10.2. The number of imidazole rings is 1. The molecule has 0 unspecified atom stereocenters. The molecule has 1 aromatic heterocycles. The van der Waals surface area contributed by atoms with E-state index in [1.165, 1.54) is 0 Å². The van der Waals surface area contributed by atoms with Gasteiger partial charge in [0.15, 0.2) is 0 Å². The number of aromatic amines is 1. The third-order valence-corrected chi connectivity index (χ3v) is 3.12. The number of H-pyrrole nitrogens is 1. The Bertz CT molecular complexity index is 625. The lowest BCUT2D eigenvalue weighted by atomic mass is 10.1. The molecule has 7 heteroatoms. The van der Waals surface area contributed by atoms with Crippen molar-refractivity contribution in [1.29, 1.82) is 0 Å². The first-order valence-corrected chi connectivity index (χ1v) is 6.91. The van der Waals surface area contributed by atoms with Gasteiger partial charge in [-0.15, -0.1) is 0 Å². The molecule has 22 heavy (non-hydrogen) atoms. The summed E-state index contributed by atoms with van der Waals surface area (Å²) in [6, 6.07) is 7.02. The number of amides is 2. The molecular weight excluding hydrogens is 284 g/mol. The summed E-state index contributed by atoms with van der Waals surface area (Å²) in [6.07, 6.45) is 3.97. The lowest BCUT2D eigenvalue weighted by molar-refractivity contribution is -0.123. The molecule has 0 radical (unpaired) electrons. The molecule has 0 saturated heterocycles. The number of nitrogens with one attached hydrogen (secondary N) is 3. The second kappa shape index (κ2) is 7.94. The van der Waals surface area contributed by atoms with E-state index in [9.17, 15) is 9.59 Å². The summed E-state index contributed by atoms with van der Waals surface area (Å²) in [4.78, 5) is 30.2. The minimum absolute atomic E-state index is 0.198. The lowest BCUT2D eigenvalue weighted by Gasteiger charge is -2.10. The summed E-state index contributed by atoms with van der Waals surface area (Å²) in [5, 5.41) is 14.1. The summed E-state index contributed by atoms with van der Waals surface area (Å²) in [7, 11) is 0. The SMILES string of the molecule is O=C(CO)NCc1ccccc1C(=O)NCCc1cnc[nH]1. The molecule has 4 N–H and O–H groups in total. The van der Waals surface area contributed by atoms with E-state index in [0.29, 0.717) is 24.1 Å². The summed E-state index contributed by atoms with van der Waals surface area (Å²) < 4.78 is 0. The molecule has 0 aliphatic rings. The molecule has 0 saturated carbocycles. The molecule has 1 heterocycles.